The Morgan fingerprint density at radius 2 is 0.682 bits per heavy atom. The molecule has 0 aromatic heterocycles. The van der Waals surface area contributed by atoms with Crippen LogP contribution in [-0.2, 0) is 28.6 Å². The lowest BCUT2D eigenvalue weighted by atomic mass is 10.1. The molecule has 1 atom stereocenters. The quantitative estimate of drug-likeness (QED) is 0.0199. The summed E-state index contributed by atoms with van der Waals surface area (Å²) in [5.41, 5.74) is 0. The SMILES string of the molecule is CC\C=C/C=C\C=C/C=C\C=C/CCCC(=O)OCC(COC(=O)CCCCCCC\C=C/C=C\C=C/CCCCCCC)OC(=O)CCC/C=C\C/C=C\C/C=C\C/C=C\C/C=C\CC. The molecule has 0 saturated carbocycles. The standard InChI is InChI=1S/C60H90O6/c1-4-7-10-13-16-19-22-25-27-29-31-32-35-38-41-44-47-50-53-59(62)65-56-57(55-64-58(61)52-49-46-43-40-37-34-24-21-18-15-12-9-6-3)66-60(63)54-51-48-45-42-39-36-33-30-28-26-23-20-17-14-11-8-5-2/h8-9,11-12,15,17-18,20-22,24-29,31-34,36-37,40,42-43,45,57H,4-7,10,13-14,16,19,23,30,35,38-39,41,44,46-56H2,1-3H3/b11-8-,12-9-,18-15-,20-17-,24-21-,25-22-,28-26-,29-27-,32-31-,36-33-,37-34-,43-40-,45-42-. The van der Waals surface area contributed by atoms with Crippen LogP contribution in [0.2, 0.25) is 0 Å². The van der Waals surface area contributed by atoms with Crippen LogP contribution in [0.3, 0.4) is 0 Å². The van der Waals surface area contributed by atoms with Crippen molar-refractivity contribution in [1.82, 2.24) is 0 Å². The van der Waals surface area contributed by atoms with E-state index in [2.05, 4.69) is 124 Å². The lowest BCUT2D eigenvalue weighted by Gasteiger charge is -2.18. The van der Waals surface area contributed by atoms with E-state index in [4.69, 9.17) is 14.2 Å². The van der Waals surface area contributed by atoms with Crippen LogP contribution >= 0.6 is 0 Å². The van der Waals surface area contributed by atoms with Crippen molar-refractivity contribution in [3.63, 3.8) is 0 Å². The zero-order valence-corrected chi connectivity index (χ0v) is 41.6. The zero-order valence-electron chi connectivity index (χ0n) is 41.6. The van der Waals surface area contributed by atoms with Gasteiger partial charge in [0.15, 0.2) is 6.10 Å². The van der Waals surface area contributed by atoms with E-state index in [0.717, 1.165) is 96.3 Å². The summed E-state index contributed by atoms with van der Waals surface area (Å²) in [6.45, 7) is 6.20. The molecule has 0 radical (unpaired) electrons. The summed E-state index contributed by atoms with van der Waals surface area (Å²) in [5.74, 6) is -1.11. The Labute approximate surface area is 403 Å². The summed E-state index contributed by atoms with van der Waals surface area (Å²) in [6, 6.07) is 0. The van der Waals surface area contributed by atoms with E-state index in [1.807, 2.05) is 54.7 Å². The second-order valence-electron chi connectivity index (χ2n) is 16.1. The van der Waals surface area contributed by atoms with Crippen molar-refractivity contribution >= 4 is 17.9 Å². The minimum Gasteiger partial charge on any atom is -0.462 e. The number of hydrogen-bond donors (Lipinski definition) is 0. The fourth-order valence-electron chi connectivity index (χ4n) is 6.15. The molecule has 0 N–H and O–H groups in total. The molecule has 0 aliphatic rings. The van der Waals surface area contributed by atoms with E-state index in [1.54, 1.807) is 0 Å². The summed E-state index contributed by atoms with van der Waals surface area (Å²) in [5, 5.41) is 0. The Balaban J connectivity index is 4.65. The highest BCUT2D eigenvalue weighted by molar-refractivity contribution is 5.71. The number of ether oxygens (including phenoxy) is 3. The molecule has 0 amide bonds. The van der Waals surface area contributed by atoms with Crippen molar-refractivity contribution in [2.75, 3.05) is 13.2 Å². The van der Waals surface area contributed by atoms with E-state index in [-0.39, 0.29) is 38.0 Å². The monoisotopic (exact) mass is 907 g/mol. The molecule has 0 rings (SSSR count). The fourth-order valence-corrected chi connectivity index (χ4v) is 6.15. The van der Waals surface area contributed by atoms with Gasteiger partial charge in [-0.25, -0.2) is 0 Å². The van der Waals surface area contributed by atoms with Crippen molar-refractivity contribution in [3.8, 4) is 0 Å². The first kappa shape index (κ1) is 61.0. The molecule has 0 aromatic carbocycles. The first-order chi connectivity index (χ1) is 32.5. The molecule has 0 spiro atoms. The molecule has 1 unspecified atom stereocenters. The summed E-state index contributed by atoms with van der Waals surface area (Å²) < 4.78 is 16.6. The number of esters is 3. The molecule has 0 fully saturated rings. The van der Waals surface area contributed by atoms with Gasteiger partial charge in [0.1, 0.15) is 13.2 Å². The van der Waals surface area contributed by atoms with Crippen LogP contribution in [0, 0.1) is 0 Å². The lowest BCUT2D eigenvalue weighted by molar-refractivity contribution is -0.167. The van der Waals surface area contributed by atoms with Crippen molar-refractivity contribution in [2.24, 2.45) is 0 Å². The molecular formula is C60H90O6. The topological polar surface area (TPSA) is 78.9 Å². The summed E-state index contributed by atoms with van der Waals surface area (Å²) in [6.07, 6.45) is 76.7. The molecule has 66 heavy (non-hydrogen) atoms. The normalized spacial score (nSPS) is 13.4. The molecule has 0 saturated heterocycles. The van der Waals surface area contributed by atoms with E-state index in [9.17, 15) is 14.4 Å². The van der Waals surface area contributed by atoms with Crippen molar-refractivity contribution < 1.29 is 28.6 Å². The van der Waals surface area contributed by atoms with Crippen LogP contribution in [0.4, 0.5) is 0 Å². The van der Waals surface area contributed by atoms with Crippen LogP contribution in [0.15, 0.2) is 158 Å². The van der Waals surface area contributed by atoms with Crippen LogP contribution in [0.5, 0.6) is 0 Å². The Kier molecular flexibility index (Phi) is 48.7. The second kappa shape index (κ2) is 52.7. The van der Waals surface area contributed by atoms with Gasteiger partial charge in [-0.15, -0.1) is 0 Å². The number of carbonyl (C=O) groups excluding carboxylic acids is 3. The molecular weight excluding hydrogens is 817 g/mol. The second-order valence-corrected chi connectivity index (χ2v) is 16.1. The summed E-state index contributed by atoms with van der Waals surface area (Å²) in [4.78, 5) is 37.9. The summed E-state index contributed by atoms with van der Waals surface area (Å²) in [7, 11) is 0. The van der Waals surface area contributed by atoms with Gasteiger partial charge in [-0.2, -0.15) is 0 Å². The van der Waals surface area contributed by atoms with Gasteiger partial charge < -0.3 is 14.2 Å². The molecule has 0 aromatic rings. The fraction of sp³-hybridized carbons (Fsp3) is 0.517. The maximum Gasteiger partial charge on any atom is 0.306 e. The van der Waals surface area contributed by atoms with Gasteiger partial charge in [-0.3, -0.25) is 14.4 Å². The van der Waals surface area contributed by atoms with Gasteiger partial charge in [0.05, 0.1) is 0 Å². The first-order valence-electron chi connectivity index (χ1n) is 25.6. The highest BCUT2D eigenvalue weighted by atomic mass is 16.6. The van der Waals surface area contributed by atoms with E-state index in [0.29, 0.717) is 19.3 Å². The first-order valence-corrected chi connectivity index (χ1v) is 25.6. The minimum atomic E-state index is -0.853. The van der Waals surface area contributed by atoms with Crippen molar-refractivity contribution in [1.29, 1.82) is 0 Å². The third kappa shape index (κ3) is 50.0. The van der Waals surface area contributed by atoms with Crippen LogP contribution in [0.25, 0.3) is 0 Å². The van der Waals surface area contributed by atoms with Crippen molar-refractivity contribution in [3.05, 3.63) is 158 Å². The predicted molar refractivity (Wildman–Crippen MR) is 283 cm³/mol. The largest absolute Gasteiger partial charge is 0.462 e. The Morgan fingerprint density at radius 3 is 1.17 bits per heavy atom. The van der Waals surface area contributed by atoms with Crippen LogP contribution in [0.1, 0.15) is 181 Å². The van der Waals surface area contributed by atoms with Crippen LogP contribution in [-0.4, -0.2) is 37.2 Å². The third-order valence-corrected chi connectivity index (χ3v) is 9.94. The highest BCUT2D eigenvalue weighted by Crippen LogP contribution is 2.11. The van der Waals surface area contributed by atoms with Crippen LogP contribution < -0.4 is 0 Å². The average molecular weight is 907 g/mol. The minimum absolute atomic E-state index is 0.142. The highest BCUT2D eigenvalue weighted by Gasteiger charge is 2.19. The average Bonchev–Trinajstić information content (AvgIpc) is 3.31. The molecule has 0 bridgehead atoms. The van der Waals surface area contributed by atoms with Gasteiger partial charge in [0.25, 0.3) is 0 Å². The molecule has 0 heterocycles. The van der Waals surface area contributed by atoms with Gasteiger partial charge >= 0.3 is 17.9 Å². The zero-order chi connectivity index (χ0) is 47.9. The van der Waals surface area contributed by atoms with Gasteiger partial charge in [-0.1, -0.05) is 224 Å². The number of rotatable bonds is 43. The summed E-state index contributed by atoms with van der Waals surface area (Å²) >= 11 is 0. The molecule has 6 nitrogen and oxygen atoms in total. The predicted octanol–water partition coefficient (Wildman–Crippen LogP) is 17.0. The van der Waals surface area contributed by atoms with Crippen molar-refractivity contribution in [2.45, 2.75) is 187 Å². The molecule has 6 heteroatoms. The molecule has 366 valence electrons. The number of hydrogen-bond acceptors (Lipinski definition) is 6. The third-order valence-electron chi connectivity index (χ3n) is 9.94. The van der Waals surface area contributed by atoms with Gasteiger partial charge in [0, 0.05) is 19.3 Å². The number of allylic oxidation sites excluding steroid dienone is 26. The maximum atomic E-state index is 12.8. The molecule has 0 aliphatic heterocycles. The van der Waals surface area contributed by atoms with Gasteiger partial charge in [0.2, 0.25) is 0 Å². The Bertz CT molecular complexity index is 1560. The number of unbranched alkanes of at least 4 members (excludes halogenated alkanes) is 12. The smallest absolute Gasteiger partial charge is 0.306 e. The Hall–Kier alpha value is -4.97. The van der Waals surface area contributed by atoms with E-state index in [1.165, 1.54) is 32.1 Å². The number of carbonyl (C=O) groups is 3. The van der Waals surface area contributed by atoms with E-state index < -0.39 is 12.1 Å². The lowest BCUT2D eigenvalue weighted by Crippen LogP contribution is -2.30. The van der Waals surface area contributed by atoms with E-state index >= 15 is 0 Å². The Morgan fingerprint density at radius 1 is 0.333 bits per heavy atom. The van der Waals surface area contributed by atoms with Gasteiger partial charge in [-0.05, 0) is 96.3 Å². The maximum absolute atomic E-state index is 12.8. The molecule has 0 aliphatic carbocycles.